The zero-order valence-corrected chi connectivity index (χ0v) is 10.1. The summed E-state index contributed by atoms with van der Waals surface area (Å²) in [5.41, 5.74) is 6.82. The van der Waals surface area contributed by atoms with Gasteiger partial charge in [0.2, 0.25) is 0 Å². The Bertz CT molecular complexity index is 279. The minimum absolute atomic E-state index is 0.261. The van der Waals surface area contributed by atoms with E-state index in [0.717, 1.165) is 18.8 Å². The molecule has 1 aromatic rings. The lowest BCUT2D eigenvalue weighted by Crippen LogP contribution is -2.43. The van der Waals surface area contributed by atoms with Crippen LogP contribution in [-0.4, -0.2) is 42.7 Å². The summed E-state index contributed by atoms with van der Waals surface area (Å²) in [4.78, 5) is 6.60. The van der Waals surface area contributed by atoms with E-state index in [1.807, 2.05) is 24.4 Å². The molecule has 0 amide bonds. The normalized spacial score (nSPS) is 13.0. The first-order valence-corrected chi connectivity index (χ1v) is 5.64. The smallest absolute Gasteiger partial charge is 0.0630 e. The van der Waals surface area contributed by atoms with E-state index in [-0.39, 0.29) is 6.04 Å². The molecule has 0 radical (unpaired) electrons. The zero-order chi connectivity index (χ0) is 11.8. The lowest BCUT2D eigenvalue weighted by molar-refractivity contribution is 0.0920. The Hall–Kier alpha value is -0.970. The number of methoxy groups -OCH3 is 1. The summed E-state index contributed by atoms with van der Waals surface area (Å²) in [6, 6.07) is 6.22. The Morgan fingerprint density at radius 1 is 1.50 bits per heavy atom. The SMILES string of the molecule is CCN(Cc1ccccn1)C(CN)COC. The fourth-order valence-electron chi connectivity index (χ4n) is 1.71. The molecule has 0 saturated carbocycles. The third-order valence-electron chi connectivity index (χ3n) is 2.64. The molecule has 2 N–H and O–H groups in total. The minimum atomic E-state index is 0.261. The third kappa shape index (κ3) is 3.89. The lowest BCUT2D eigenvalue weighted by atomic mass is 10.2. The van der Waals surface area contributed by atoms with Crippen LogP contribution in [0, 0.1) is 0 Å². The van der Waals surface area contributed by atoms with Crippen molar-refractivity contribution in [2.75, 3.05) is 26.8 Å². The standard InChI is InChI=1S/C12H21N3O/c1-3-15(12(8-13)10-16-2)9-11-6-4-5-7-14-11/h4-7,12H,3,8-10,13H2,1-2H3. The van der Waals surface area contributed by atoms with Crippen molar-refractivity contribution in [2.24, 2.45) is 5.73 Å². The summed E-state index contributed by atoms with van der Waals surface area (Å²) in [7, 11) is 1.71. The highest BCUT2D eigenvalue weighted by molar-refractivity contribution is 5.03. The second-order valence-electron chi connectivity index (χ2n) is 3.73. The number of rotatable bonds is 7. The van der Waals surface area contributed by atoms with Crippen LogP contribution in [0.3, 0.4) is 0 Å². The van der Waals surface area contributed by atoms with Crippen LogP contribution in [0.2, 0.25) is 0 Å². The maximum absolute atomic E-state index is 5.75. The molecule has 90 valence electrons. The van der Waals surface area contributed by atoms with Crippen LogP contribution in [-0.2, 0) is 11.3 Å². The van der Waals surface area contributed by atoms with Gasteiger partial charge in [-0.15, -0.1) is 0 Å². The summed E-state index contributed by atoms with van der Waals surface area (Å²) in [5.74, 6) is 0. The molecule has 0 aliphatic rings. The second kappa shape index (κ2) is 7.33. The molecule has 0 aliphatic heterocycles. The molecule has 4 nitrogen and oxygen atoms in total. The van der Waals surface area contributed by atoms with Crippen LogP contribution in [0.1, 0.15) is 12.6 Å². The van der Waals surface area contributed by atoms with Crippen LogP contribution in [0.4, 0.5) is 0 Å². The number of nitrogens with two attached hydrogens (primary N) is 1. The molecule has 0 fully saturated rings. The van der Waals surface area contributed by atoms with Gasteiger partial charge in [-0.1, -0.05) is 13.0 Å². The number of ether oxygens (including phenoxy) is 1. The fraction of sp³-hybridized carbons (Fsp3) is 0.583. The van der Waals surface area contributed by atoms with Crippen molar-refractivity contribution < 1.29 is 4.74 Å². The molecule has 1 atom stereocenters. The van der Waals surface area contributed by atoms with Crippen molar-refractivity contribution >= 4 is 0 Å². The predicted octanol–water partition coefficient (Wildman–Crippen LogP) is 0.877. The van der Waals surface area contributed by atoms with Crippen LogP contribution < -0.4 is 5.73 Å². The first-order valence-electron chi connectivity index (χ1n) is 5.64. The average Bonchev–Trinajstić information content (AvgIpc) is 2.35. The number of likely N-dealkylation sites (N-methyl/N-ethyl adjacent to an activating group) is 1. The highest BCUT2D eigenvalue weighted by Gasteiger charge is 2.15. The largest absolute Gasteiger partial charge is 0.383 e. The van der Waals surface area contributed by atoms with Gasteiger partial charge in [-0.05, 0) is 18.7 Å². The van der Waals surface area contributed by atoms with E-state index in [1.54, 1.807) is 7.11 Å². The van der Waals surface area contributed by atoms with Crippen LogP contribution in [0.25, 0.3) is 0 Å². The van der Waals surface area contributed by atoms with Crippen LogP contribution >= 0.6 is 0 Å². The van der Waals surface area contributed by atoms with E-state index in [0.29, 0.717) is 13.2 Å². The van der Waals surface area contributed by atoms with E-state index in [2.05, 4.69) is 16.8 Å². The molecule has 16 heavy (non-hydrogen) atoms. The van der Waals surface area contributed by atoms with Crippen LogP contribution in [0.5, 0.6) is 0 Å². The molecule has 1 rings (SSSR count). The first-order chi connectivity index (χ1) is 7.81. The summed E-state index contributed by atoms with van der Waals surface area (Å²) in [5, 5.41) is 0. The maximum atomic E-state index is 5.75. The van der Waals surface area contributed by atoms with Gasteiger partial charge in [0.25, 0.3) is 0 Å². The van der Waals surface area contributed by atoms with Crippen molar-refractivity contribution in [3.05, 3.63) is 30.1 Å². The van der Waals surface area contributed by atoms with Gasteiger partial charge in [0.1, 0.15) is 0 Å². The minimum Gasteiger partial charge on any atom is -0.383 e. The van der Waals surface area contributed by atoms with Gasteiger partial charge in [0, 0.05) is 32.4 Å². The van der Waals surface area contributed by atoms with E-state index in [1.165, 1.54) is 0 Å². The third-order valence-corrected chi connectivity index (χ3v) is 2.64. The van der Waals surface area contributed by atoms with E-state index >= 15 is 0 Å². The van der Waals surface area contributed by atoms with Gasteiger partial charge in [-0.3, -0.25) is 9.88 Å². The van der Waals surface area contributed by atoms with E-state index in [4.69, 9.17) is 10.5 Å². The van der Waals surface area contributed by atoms with Crippen molar-refractivity contribution in [2.45, 2.75) is 19.5 Å². The predicted molar refractivity (Wildman–Crippen MR) is 65.0 cm³/mol. The molecule has 0 saturated heterocycles. The average molecular weight is 223 g/mol. The van der Waals surface area contributed by atoms with E-state index < -0.39 is 0 Å². The van der Waals surface area contributed by atoms with E-state index in [9.17, 15) is 0 Å². The summed E-state index contributed by atoms with van der Waals surface area (Å²) >= 11 is 0. The monoisotopic (exact) mass is 223 g/mol. The van der Waals surface area contributed by atoms with Crippen molar-refractivity contribution in [3.8, 4) is 0 Å². The summed E-state index contributed by atoms with van der Waals surface area (Å²) in [6.07, 6.45) is 1.82. The zero-order valence-electron chi connectivity index (χ0n) is 10.1. The van der Waals surface area contributed by atoms with Crippen molar-refractivity contribution in [1.29, 1.82) is 0 Å². The maximum Gasteiger partial charge on any atom is 0.0630 e. The Kier molecular flexibility index (Phi) is 6.00. The molecule has 0 aliphatic carbocycles. The highest BCUT2D eigenvalue weighted by Crippen LogP contribution is 2.05. The molecule has 0 spiro atoms. The van der Waals surface area contributed by atoms with Crippen molar-refractivity contribution in [3.63, 3.8) is 0 Å². The Balaban J connectivity index is 2.60. The molecule has 4 heteroatoms. The Morgan fingerprint density at radius 3 is 2.81 bits per heavy atom. The van der Waals surface area contributed by atoms with Gasteiger partial charge >= 0.3 is 0 Å². The first kappa shape index (κ1) is 13.1. The fourth-order valence-corrected chi connectivity index (χ4v) is 1.71. The number of nitrogens with zero attached hydrogens (tertiary/aromatic N) is 2. The van der Waals surface area contributed by atoms with Gasteiger partial charge in [0.05, 0.1) is 12.3 Å². The summed E-state index contributed by atoms with van der Waals surface area (Å²) in [6.45, 7) is 5.16. The molecule has 0 aromatic carbocycles. The summed E-state index contributed by atoms with van der Waals surface area (Å²) < 4.78 is 5.17. The van der Waals surface area contributed by atoms with Gasteiger partial charge in [-0.25, -0.2) is 0 Å². The van der Waals surface area contributed by atoms with Crippen LogP contribution in [0.15, 0.2) is 24.4 Å². The number of aromatic nitrogens is 1. The molecule has 1 aromatic heterocycles. The molecular weight excluding hydrogens is 202 g/mol. The number of pyridine rings is 1. The highest BCUT2D eigenvalue weighted by atomic mass is 16.5. The number of hydrogen-bond acceptors (Lipinski definition) is 4. The molecule has 0 bridgehead atoms. The molecular formula is C12H21N3O. The van der Waals surface area contributed by atoms with Gasteiger partial charge in [0.15, 0.2) is 0 Å². The second-order valence-corrected chi connectivity index (χ2v) is 3.73. The van der Waals surface area contributed by atoms with Gasteiger partial charge < -0.3 is 10.5 Å². The Morgan fingerprint density at radius 2 is 2.31 bits per heavy atom. The molecule has 1 heterocycles. The Labute approximate surface area is 97.4 Å². The van der Waals surface area contributed by atoms with Crippen molar-refractivity contribution in [1.82, 2.24) is 9.88 Å². The topological polar surface area (TPSA) is 51.4 Å². The molecule has 1 unspecified atom stereocenters. The number of hydrogen-bond donors (Lipinski definition) is 1. The quantitative estimate of drug-likeness (QED) is 0.745. The van der Waals surface area contributed by atoms with Gasteiger partial charge in [-0.2, -0.15) is 0 Å². The lowest BCUT2D eigenvalue weighted by Gasteiger charge is -2.28.